The first-order chi connectivity index (χ1) is 6.39. The molecule has 0 aromatic rings. The Morgan fingerprint density at radius 2 is 1.86 bits per heavy atom. The number of imide groups is 1. The van der Waals surface area contributed by atoms with Crippen molar-refractivity contribution in [3.63, 3.8) is 0 Å². The van der Waals surface area contributed by atoms with E-state index in [1.807, 2.05) is 13.8 Å². The normalized spacial score (nSPS) is 28.1. The molecule has 1 heterocycles. The van der Waals surface area contributed by atoms with Crippen LogP contribution in [0.2, 0.25) is 0 Å². The molecule has 1 aliphatic rings. The van der Waals surface area contributed by atoms with Gasteiger partial charge in [-0.2, -0.15) is 4.42 Å². The summed E-state index contributed by atoms with van der Waals surface area (Å²) in [5.41, 5.74) is -1.000. The number of hydrogen-bond acceptors (Lipinski definition) is 2. The Labute approximate surface area is 93.0 Å². The van der Waals surface area contributed by atoms with Crippen LogP contribution in [0.3, 0.4) is 0 Å². The SMILES string of the molecule is CCC1(C(C)C)C(=O)N(Cl)C(=O)N1Cl. The van der Waals surface area contributed by atoms with Gasteiger partial charge in [-0.05, 0) is 12.3 Å². The molecule has 1 unspecified atom stereocenters. The van der Waals surface area contributed by atoms with E-state index in [0.29, 0.717) is 10.8 Å². The first kappa shape index (κ1) is 11.6. The fraction of sp³-hybridized carbons (Fsp3) is 0.750. The molecule has 0 N–H and O–H groups in total. The Bertz CT molecular complexity index is 283. The topological polar surface area (TPSA) is 40.6 Å². The third-order valence-corrected chi connectivity index (χ3v) is 3.47. The first-order valence-corrected chi connectivity index (χ1v) is 5.07. The van der Waals surface area contributed by atoms with Crippen molar-refractivity contribution in [2.45, 2.75) is 32.7 Å². The van der Waals surface area contributed by atoms with Crippen LogP contribution in [0.4, 0.5) is 4.79 Å². The van der Waals surface area contributed by atoms with Crippen molar-refractivity contribution in [3.8, 4) is 0 Å². The number of amides is 3. The molecule has 3 amide bonds. The molecule has 1 fully saturated rings. The Kier molecular flexibility index (Phi) is 2.97. The summed E-state index contributed by atoms with van der Waals surface area (Å²) in [7, 11) is 0. The zero-order chi connectivity index (χ0) is 11.1. The molecule has 1 saturated heterocycles. The fourth-order valence-corrected chi connectivity index (χ4v) is 2.48. The molecule has 6 heteroatoms. The quantitative estimate of drug-likeness (QED) is 0.548. The van der Waals surface area contributed by atoms with E-state index >= 15 is 0 Å². The van der Waals surface area contributed by atoms with Crippen molar-refractivity contribution in [2.75, 3.05) is 0 Å². The first-order valence-electron chi connectivity index (χ1n) is 4.39. The van der Waals surface area contributed by atoms with Gasteiger partial charge in [0.1, 0.15) is 5.54 Å². The van der Waals surface area contributed by atoms with Crippen LogP contribution in [0.1, 0.15) is 27.2 Å². The summed E-state index contributed by atoms with van der Waals surface area (Å²) in [4.78, 5) is 23.1. The highest BCUT2D eigenvalue weighted by molar-refractivity contribution is 6.39. The average Bonchev–Trinajstić information content (AvgIpc) is 2.30. The standard InChI is InChI=1S/C8H12Cl2N2O2/c1-4-8(5(2)3)6(13)11(9)7(14)12(8)10/h5H,4H2,1-3H3. The summed E-state index contributed by atoms with van der Waals surface area (Å²) in [6.07, 6.45) is 0.446. The number of carbonyl (C=O) groups excluding carboxylic acids is 2. The predicted molar refractivity (Wildman–Crippen MR) is 53.6 cm³/mol. The minimum absolute atomic E-state index is 0.0785. The maximum Gasteiger partial charge on any atom is 0.357 e. The lowest BCUT2D eigenvalue weighted by molar-refractivity contribution is -0.131. The molecular weight excluding hydrogens is 227 g/mol. The summed E-state index contributed by atoms with van der Waals surface area (Å²) in [5.74, 6) is -0.526. The highest BCUT2D eigenvalue weighted by Gasteiger charge is 2.58. The third-order valence-electron chi connectivity index (χ3n) is 2.73. The molecule has 14 heavy (non-hydrogen) atoms. The molecule has 1 atom stereocenters. The second kappa shape index (κ2) is 3.59. The molecule has 4 nitrogen and oxygen atoms in total. The van der Waals surface area contributed by atoms with E-state index in [-0.39, 0.29) is 5.92 Å². The van der Waals surface area contributed by atoms with Crippen molar-refractivity contribution in [2.24, 2.45) is 5.92 Å². The van der Waals surface area contributed by atoms with Crippen LogP contribution in [-0.4, -0.2) is 26.3 Å². The molecule has 0 spiro atoms. The maximum atomic E-state index is 11.8. The summed E-state index contributed by atoms with van der Waals surface area (Å²) >= 11 is 11.3. The van der Waals surface area contributed by atoms with Gasteiger partial charge in [0.2, 0.25) is 0 Å². The van der Waals surface area contributed by atoms with Crippen molar-refractivity contribution in [3.05, 3.63) is 0 Å². The minimum atomic E-state index is -1.000. The largest absolute Gasteiger partial charge is 0.357 e. The van der Waals surface area contributed by atoms with Gasteiger partial charge in [-0.3, -0.25) is 4.79 Å². The Morgan fingerprint density at radius 1 is 1.36 bits per heavy atom. The van der Waals surface area contributed by atoms with Gasteiger partial charge in [-0.15, -0.1) is 0 Å². The summed E-state index contributed by atoms with van der Waals surface area (Å²) in [5, 5.41) is 0. The monoisotopic (exact) mass is 238 g/mol. The van der Waals surface area contributed by atoms with E-state index in [2.05, 4.69) is 0 Å². The second-order valence-corrected chi connectivity index (χ2v) is 4.26. The lowest BCUT2D eigenvalue weighted by Crippen LogP contribution is -2.49. The van der Waals surface area contributed by atoms with E-state index in [0.717, 1.165) is 4.42 Å². The maximum absolute atomic E-state index is 11.8. The van der Waals surface area contributed by atoms with Crippen molar-refractivity contribution in [1.29, 1.82) is 0 Å². The smallest absolute Gasteiger partial charge is 0.270 e. The molecule has 80 valence electrons. The lowest BCUT2D eigenvalue weighted by Gasteiger charge is -2.32. The van der Waals surface area contributed by atoms with Crippen LogP contribution in [0.5, 0.6) is 0 Å². The van der Waals surface area contributed by atoms with E-state index in [1.54, 1.807) is 6.92 Å². The third kappa shape index (κ3) is 1.21. The van der Waals surface area contributed by atoms with Gasteiger partial charge < -0.3 is 0 Å². The number of hydrogen-bond donors (Lipinski definition) is 0. The molecule has 0 aromatic heterocycles. The summed E-state index contributed by atoms with van der Waals surface area (Å²) in [6.45, 7) is 5.47. The highest BCUT2D eigenvalue weighted by Crippen LogP contribution is 2.39. The van der Waals surface area contributed by atoms with Crippen LogP contribution in [-0.2, 0) is 4.79 Å². The van der Waals surface area contributed by atoms with E-state index in [9.17, 15) is 9.59 Å². The van der Waals surface area contributed by atoms with Gasteiger partial charge >= 0.3 is 6.03 Å². The molecule has 0 aliphatic carbocycles. The Hall–Kier alpha value is -0.480. The van der Waals surface area contributed by atoms with E-state index in [4.69, 9.17) is 23.6 Å². The van der Waals surface area contributed by atoms with E-state index < -0.39 is 17.5 Å². The Balaban J connectivity index is 3.20. The number of rotatable bonds is 2. The zero-order valence-electron chi connectivity index (χ0n) is 8.25. The molecule has 0 aromatic carbocycles. The lowest BCUT2D eigenvalue weighted by atomic mass is 9.84. The number of urea groups is 1. The number of halogens is 2. The predicted octanol–water partition coefficient (Wildman–Crippen LogP) is 2.36. The second-order valence-electron chi connectivity index (χ2n) is 3.58. The molecular formula is C8H12Cl2N2O2. The number of carbonyl (C=O) groups is 2. The van der Waals surface area contributed by atoms with Crippen LogP contribution in [0.25, 0.3) is 0 Å². The van der Waals surface area contributed by atoms with Gasteiger partial charge in [0.05, 0.1) is 0 Å². The highest BCUT2D eigenvalue weighted by atomic mass is 35.5. The van der Waals surface area contributed by atoms with E-state index in [1.165, 1.54) is 0 Å². The fourth-order valence-electron chi connectivity index (χ4n) is 1.76. The molecule has 1 aliphatic heterocycles. The minimum Gasteiger partial charge on any atom is -0.270 e. The van der Waals surface area contributed by atoms with Crippen LogP contribution < -0.4 is 0 Å². The van der Waals surface area contributed by atoms with Gasteiger partial charge in [0.25, 0.3) is 5.91 Å². The van der Waals surface area contributed by atoms with Gasteiger partial charge in [-0.1, -0.05) is 20.8 Å². The van der Waals surface area contributed by atoms with Gasteiger partial charge in [0, 0.05) is 23.6 Å². The van der Waals surface area contributed by atoms with Crippen LogP contribution >= 0.6 is 23.6 Å². The van der Waals surface area contributed by atoms with Crippen LogP contribution in [0, 0.1) is 5.92 Å². The summed E-state index contributed by atoms with van der Waals surface area (Å²) in [6, 6.07) is -0.672. The van der Waals surface area contributed by atoms with Crippen molar-refractivity contribution < 1.29 is 9.59 Å². The van der Waals surface area contributed by atoms with Crippen molar-refractivity contribution >= 4 is 35.5 Å². The molecule has 0 radical (unpaired) electrons. The van der Waals surface area contributed by atoms with Crippen LogP contribution in [0.15, 0.2) is 0 Å². The zero-order valence-corrected chi connectivity index (χ0v) is 9.76. The van der Waals surface area contributed by atoms with Gasteiger partial charge in [-0.25, -0.2) is 9.21 Å². The van der Waals surface area contributed by atoms with Gasteiger partial charge in [0.15, 0.2) is 0 Å². The Morgan fingerprint density at radius 3 is 2.00 bits per heavy atom. The molecule has 0 saturated carbocycles. The molecule has 0 bridgehead atoms. The number of nitrogens with zero attached hydrogens (tertiary/aromatic N) is 2. The van der Waals surface area contributed by atoms with Crippen molar-refractivity contribution in [1.82, 2.24) is 8.84 Å². The summed E-state index contributed by atoms with van der Waals surface area (Å²) < 4.78 is 1.46. The average molecular weight is 239 g/mol. The molecule has 1 rings (SSSR count).